The molecule has 39 heavy (non-hydrogen) atoms. The van der Waals surface area contributed by atoms with Crippen LogP contribution in [0.25, 0.3) is 16.5 Å². The second-order valence-electron chi connectivity index (χ2n) is 9.60. The number of thiazole rings is 1. The van der Waals surface area contributed by atoms with Gasteiger partial charge in [-0.3, -0.25) is 14.5 Å². The quantitative estimate of drug-likeness (QED) is 0.161. The number of rotatable bonds is 4. The number of aromatic nitrogens is 1. The number of aryl methyl sites for hydroxylation is 1. The first kappa shape index (κ1) is 24.8. The molecular formula is C30H24N2O6S. The summed E-state index contributed by atoms with van der Waals surface area (Å²) in [6.07, 6.45) is 0.683. The molecule has 3 aromatic carbocycles. The number of carbonyl (C=O) groups is 3. The number of aliphatic hydroxyl groups excluding tert-OH is 1. The molecule has 8 nitrogen and oxygen atoms in total. The van der Waals surface area contributed by atoms with Crippen LogP contribution < -0.4 is 9.64 Å². The van der Waals surface area contributed by atoms with E-state index in [2.05, 4.69) is 4.98 Å². The topological polar surface area (TPSA) is 106 Å². The zero-order valence-electron chi connectivity index (χ0n) is 21.4. The number of fused-ring (bicyclic) bond motifs is 2. The van der Waals surface area contributed by atoms with Gasteiger partial charge in [-0.1, -0.05) is 53.8 Å². The van der Waals surface area contributed by atoms with E-state index < -0.39 is 23.7 Å². The number of nitrogens with zero attached hydrogens (tertiary/aromatic N) is 2. The van der Waals surface area contributed by atoms with E-state index >= 15 is 0 Å². The molecule has 0 aliphatic carbocycles. The summed E-state index contributed by atoms with van der Waals surface area (Å²) in [6, 6.07) is 17.5. The Balaban J connectivity index is 1.59. The number of hydrogen-bond donors (Lipinski definition) is 1. The predicted octanol–water partition coefficient (Wildman–Crippen LogP) is 5.34. The minimum Gasteiger partial charge on any atom is -0.507 e. The predicted molar refractivity (Wildman–Crippen MR) is 147 cm³/mol. The van der Waals surface area contributed by atoms with Crippen LogP contribution in [0.15, 0.2) is 66.2 Å². The van der Waals surface area contributed by atoms with Crippen LogP contribution in [0.5, 0.6) is 5.75 Å². The number of hydrogen-bond acceptors (Lipinski definition) is 8. The van der Waals surface area contributed by atoms with Crippen molar-refractivity contribution in [1.29, 1.82) is 0 Å². The Bertz CT molecular complexity index is 1720. The van der Waals surface area contributed by atoms with Gasteiger partial charge in [0.25, 0.3) is 5.78 Å². The number of methoxy groups -OCH3 is 1. The standard InChI is InChI=1S/C30H24N2O6S/c1-15-13-19-14-18(11-12-22(19)38-15)25(33)23-24(21-10-6-8-17-7-4-5-9-20(17)21)32(28(35)26(23)34)30-31-16(2)27(39-30)29(36)37-3/h4-12,14-15,24,33H,13H2,1-3H3/b25-23+. The highest BCUT2D eigenvalue weighted by Crippen LogP contribution is 2.46. The smallest absolute Gasteiger partial charge is 0.350 e. The molecule has 0 spiro atoms. The molecule has 1 saturated heterocycles. The SMILES string of the molecule is COC(=O)c1sc(N2C(=O)C(=O)/C(=C(/O)c3ccc4c(c3)CC(C)O4)C2c2cccc3ccccc23)nc1C. The monoisotopic (exact) mass is 540 g/mol. The summed E-state index contributed by atoms with van der Waals surface area (Å²) in [5.74, 6) is -1.79. The van der Waals surface area contributed by atoms with Gasteiger partial charge in [-0.05, 0) is 53.9 Å². The summed E-state index contributed by atoms with van der Waals surface area (Å²) in [5, 5.41) is 13.5. The minimum absolute atomic E-state index is 0.0100. The average Bonchev–Trinajstić information content (AvgIpc) is 3.59. The van der Waals surface area contributed by atoms with Crippen molar-refractivity contribution in [2.45, 2.75) is 32.4 Å². The first-order valence-electron chi connectivity index (χ1n) is 12.4. The molecule has 1 N–H and O–H groups in total. The number of ketones is 1. The molecule has 3 heterocycles. The third-order valence-electron chi connectivity index (χ3n) is 7.09. The van der Waals surface area contributed by atoms with Crippen molar-refractivity contribution in [1.82, 2.24) is 4.98 Å². The lowest BCUT2D eigenvalue weighted by Gasteiger charge is -2.24. The third kappa shape index (κ3) is 3.97. The molecule has 4 aromatic rings. The Morgan fingerprint density at radius 3 is 2.69 bits per heavy atom. The summed E-state index contributed by atoms with van der Waals surface area (Å²) in [6.45, 7) is 3.60. The number of esters is 1. The number of benzene rings is 3. The highest BCUT2D eigenvalue weighted by Gasteiger charge is 2.49. The van der Waals surface area contributed by atoms with Crippen LogP contribution in [0.4, 0.5) is 5.13 Å². The Morgan fingerprint density at radius 2 is 1.90 bits per heavy atom. The number of ether oxygens (including phenoxy) is 2. The van der Waals surface area contributed by atoms with Gasteiger partial charge < -0.3 is 14.6 Å². The van der Waals surface area contributed by atoms with Gasteiger partial charge in [0.2, 0.25) is 0 Å². The van der Waals surface area contributed by atoms with Crippen LogP contribution >= 0.6 is 11.3 Å². The fourth-order valence-electron chi connectivity index (χ4n) is 5.31. The van der Waals surface area contributed by atoms with Gasteiger partial charge in [-0.15, -0.1) is 0 Å². The maximum Gasteiger partial charge on any atom is 0.350 e. The molecule has 1 amide bonds. The Kier molecular flexibility index (Phi) is 5.95. The van der Waals surface area contributed by atoms with E-state index in [1.165, 1.54) is 12.0 Å². The zero-order chi connectivity index (χ0) is 27.4. The van der Waals surface area contributed by atoms with E-state index in [-0.39, 0.29) is 27.4 Å². The van der Waals surface area contributed by atoms with Crippen molar-refractivity contribution in [3.05, 3.63) is 93.5 Å². The lowest BCUT2D eigenvalue weighted by molar-refractivity contribution is -0.132. The van der Waals surface area contributed by atoms with Crippen LogP contribution in [0.3, 0.4) is 0 Å². The van der Waals surface area contributed by atoms with Crippen LogP contribution in [0.2, 0.25) is 0 Å². The molecule has 6 rings (SSSR count). The van der Waals surface area contributed by atoms with Gasteiger partial charge in [0, 0.05) is 12.0 Å². The molecular weight excluding hydrogens is 516 g/mol. The van der Waals surface area contributed by atoms with Crippen molar-refractivity contribution in [3.63, 3.8) is 0 Å². The maximum atomic E-state index is 13.6. The third-order valence-corrected chi connectivity index (χ3v) is 8.23. The Morgan fingerprint density at radius 1 is 1.13 bits per heavy atom. The highest BCUT2D eigenvalue weighted by atomic mass is 32.1. The molecule has 2 aliphatic rings. The lowest BCUT2D eigenvalue weighted by Crippen LogP contribution is -2.29. The van der Waals surface area contributed by atoms with Gasteiger partial charge in [0.15, 0.2) is 5.13 Å². The first-order valence-corrected chi connectivity index (χ1v) is 13.2. The Labute approximate surface area is 228 Å². The number of amides is 1. The van der Waals surface area contributed by atoms with Gasteiger partial charge in [-0.2, -0.15) is 0 Å². The number of carbonyl (C=O) groups excluding carboxylic acids is 3. The number of anilines is 1. The van der Waals surface area contributed by atoms with Crippen LogP contribution in [-0.4, -0.2) is 41.0 Å². The Hall–Kier alpha value is -4.50. The molecule has 1 aromatic heterocycles. The van der Waals surface area contributed by atoms with E-state index in [1.54, 1.807) is 25.1 Å². The fraction of sp³-hybridized carbons (Fsp3) is 0.200. The van der Waals surface area contributed by atoms with Gasteiger partial charge in [0.05, 0.1) is 24.4 Å². The largest absolute Gasteiger partial charge is 0.507 e. The molecule has 1 fully saturated rings. The summed E-state index contributed by atoms with van der Waals surface area (Å²) in [4.78, 5) is 45.6. The minimum atomic E-state index is -0.976. The summed E-state index contributed by atoms with van der Waals surface area (Å²) in [5.41, 5.74) is 2.32. The molecule has 9 heteroatoms. The summed E-state index contributed by atoms with van der Waals surface area (Å²) >= 11 is 0.972. The second kappa shape index (κ2) is 9.36. The first-order chi connectivity index (χ1) is 18.8. The van der Waals surface area contributed by atoms with E-state index in [0.29, 0.717) is 23.2 Å². The number of aliphatic hydroxyl groups is 1. The average molecular weight is 541 g/mol. The van der Waals surface area contributed by atoms with Crippen molar-refractivity contribution >= 4 is 50.7 Å². The van der Waals surface area contributed by atoms with Crippen molar-refractivity contribution < 1.29 is 29.0 Å². The van der Waals surface area contributed by atoms with Gasteiger partial charge >= 0.3 is 11.9 Å². The van der Waals surface area contributed by atoms with Crippen LogP contribution in [0, 0.1) is 6.92 Å². The normalized spacial score (nSPS) is 19.8. The summed E-state index contributed by atoms with van der Waals surface area (Å²) < 4.78 is 10.7. The molecule has 0 saturated carbocycles. The molecule has 196 valence electrons. The second-order valence-corrected chi connectivity index (χ2v) is 10.6. The molecule has 2 unspecified atom stereocenters. The number of Topliss-reactive ketones (excluding diaryl/α,β-unsaturated/α-hetero) is 1. The van der Waals surface area contributed by atoms with E-state index in [1.807, 2.05) is 49.4 Å². The molecule has 2 atom stereocenters. The highest BCUT2D eigenvalue weighted by molar-refractivity contribution is 7.17. The summed E-state index contributed by atoms with van der Waals surface area (Å²) in [7, 11) is 1.27. The molecule has 0 bridgehead atoms. The fourth-order valence-corrected chi connectivity index (χ4v) is 6.32. The lowest BCUT2D eigenvalue weighted by atomic mass is 9.91. The van der Waals surface area contributed by atoms with Gasteiger partial charge in [0.1, 0.15) is 22.5 Å². The van der Waals surface area contributed by atoms with Crippen LogP contribution in [-0.2, 0) is 20.7 Å². The van der Waals surface area contributed by atoms with Crippen molar-refractivity contribution in [2.75, 3.05) is 12.0 Å². The van der Waals surface area contributed by atoms with E-state index in [9.17, 15) is 19.5 Å². The van der Waals surface area contributed by atoms with Crippen molar-refractivity contribution in [2.24, 2.45) is 0 Å². The maximum absolute atomic E-state index is 13.6. The zero-order valence-corrected chi connectivity index (χ0v) is 22.2. The van der Waals surface area contributed by atoms with Gasteiger partial charge in [-0.25, -0.2) is 9.78 Å². The van der Waals surface area contributed by atoms with E-state index in [0.717, 1.165) is 33.4 Å². The van der Waals surface area contributed by atoms with Crippen LogP contribution in [0.1, 0.15) is 45.0 Å². The molecule has 0 radical (unpaired) electrons. The molecule has 2 aliphatic heterocycles. The van der Waals surface area contributed by atoms with Crippen molar-refractivity contribution in [3.8, 4) is 5.75 Å². The van der Waals surface area contributed by atoms with E-state index in [4.69, 9.17) is 9.47 Å².